The number of rotatable bonds is 3. The van der Waals surface area contributed by atoms with Crippen LogP contribution in [-0.2, 0) is 16.1 Å². The average molecular weight is 290 g/mol. The van der Waals surface area contributed by atoms with Crippen LogP contribution in [0.3, 0.4) is 0 Å². The molecule has 0 unspecified atom stereocenters. The van der Waals surface area contributed by atoms with Crippen molar-refractivity contribution in [3.05, 3.63) is 20.8 Å². The molecule has 82 valence electrons. The minimum Gasteiger partial charge on any atom is -0.464 e. The van der Waals surface area contributed by atoms with E-state index in [1.54, 1.807) is 11.3 Å². The summed E-state index contributed by atoms with van der Waals surface area (Å²) >= 11 is 5.09. The predicted molar refractivity (Wildman–Crippen MR) is 62.9 cm³/mol. The van der Waals surface area contributed by atoms with Crippen LogP contribution in [0.25, 0.3) is 0 Å². The Morgan fingerprint density at radius 3 is 3.07 bits per heavy atom. The highest BCUT2D eigenvalue weighted by Crippen LogP contribution is 2.23. The van der Waals surface area contributed by atoms with Gasteiger partial charge in [-0.3, -0.25) is 9.69 Å². The summed E-state index contributed by atoms with van der Waals surface area (Å²) in [6.07, 6.45) is 0.806. The molecule has 5 heteroatoms. The van der Waals surface area contributed by atoms with Crippen molar-refractivity contribution in [3.63, 3.8) is 0 Å². The number of carbonyl (C=O) groups is 1. The largest absolute Gasteiger partial charge is 0.464 e. The van der Waals surface area contributed by atoms with Crippen LogP contribution >= 0.6 is 27.3 Å². The van der Waals surface area contributed by atoms with E-state index in [0.29, 0.717) is 6.61 Å². The third-order valence-corrected chi connectivity index (χ3v) is 4.05. The summed E-state index contributed by atoms with van der Waals surface area (Å²) in [5, 5.41) is 2.10. The molecule has 1 aliphatic heterocycles. The fourth-order valence-electron chi connectivity index (χ4n) is 1.71. The van der Waals surface area contributed by atoms with Gasteiger partial charge in [-0.2, -0.15) is 0 Å². The standard InChI is InChI=1S/C10H12BrNO2S/c1-12(8-2-3-14-10(8)13)5-7-4-9(11)15-6-7/h4,6,8H,2-3,5H2,1H3/t8-/m1/s1. The zero-order chi connectivity index (χ0) is 10.8. The van der Waals surface area contributed by atoms with E-state index in [-0.39, 0.29) is 12.0 Å². The van der Waals surface area contributed by atoms with E-state index in [1.165, 1.54) is 5.56 Å². The van der Waals surface area contributed by atoms with Crippen LogP contribution < -0.4 is 0 Å². The van der Waals surface area contributed by atoms with Crippen LogP contribution in [0, 0.1) is 0 Å². The van der Waals surface area contributed by atoms with Gasteiger partial charge in [-0.25, -0.2) is 0 Å². The van der Waals surface area contributed by atoms with Crippen LogP contribution in [0.1, 0.15) is 12.0 Å². The molecule has 2 heterocycles. The van der Waals surface area contributed by atoms with E-state index >= 15 is 0 Å². The molecular formula is C10H12BrNO2S. The smallest absolute Gasteiger partial charge is 0.323 e. The van der Waals surface area contributed by atoms with Gasteiger partial charge in [-0.05, 0) is 40.0 Å². The Morgan fingerprint density at radius 1 is 1.73 bits per heavy atom. The van der Waals surface area contributed by atoms with Gasteiger partial charge in [0.2, 0.25) is 0 Å². The Labute approximate surface area is 101 Å². The lowest BCUT2D eigenvalue weighted by Gasteiger charge is -2.19. The van der Waals surface area contributed by atoms with Crippen molar-refractivity contribution in [2.45, 2.75) is 19.0 Å². The van der Waals surface area contributed by atoms with Crippen molar-refractivity contribution >= 4 is 33.2 Å². The molecule has 1 aromatic heterocycles. The molecule has 3 nitrogen and oxygen atoms in total. The van der Waals surface area contributed by atoms with Gasteiger partial charge in [0.15, 0.2) is 0 Å². The first-order chi connectivity index (χ1) is 7.16. The number of thiophene rings is 1. The first kappa shape index (κ1) is 11.1. The van der Waals surface area contributed by atoms with Gasteiger partial charge in [-0.15, -0.1) is 11.3 Å². The molecule has 1 aromatic rings. The monoisotopic (exact) mass is 289 g/mol. The molecule has 0 saturated carbocycles. The average Bonchev–Trinajstić information content (AvgIpc) is 2.75. The third-order valence-electron chi connectivity index (χ3n) is 2.49. The molecule has 2 rings (SSSR count). The number of likely N-dealkylation sites (N-methyl/N-ethyl adjacent to an activating group) is 1. The molecule has 0 aromatic carbocycles. The van der Waals surface area contributed by atoms with Gasteiger partial charge in [0, 0.05) is 13.0 Å². The summed E-state index contributed by atoms with van der Waals surface area (Å²) in [5.74, 6) is -0.0909. The predicted octanol–water partition coefficient (Wildman–Crippen LogP) is 2.26. The van der Waals surface area contributed by atoms with Crippen molar-refractivity contribution in [3.8, 4) is 0 Å². The van der Waals surface area contributed by atoms with Crippen LogP contribution in [-0.4, -0.2) is 30.6 Å². The fourth-order valence-corrected chi connectivity index (χ4v) is 2.91. The first-order valence-corrected chi connectivity index (χ1v) is 6.44. The summed E-state index contributed by atoms with van der Waals surface area (Å²) in [6.45, 7) is 1.35. The quantitative estimate of drug-likeness (QED) is 0.800. The second kappa shape index (κ2) is 4.63. The van der Waals surface area contributed by atoms with Gasteiger partial charge >= 0.3 is 5.97 Å². The van der Waals surface area contributed by atoms with Gasteiger partial charge in [0.1, 0.15) is 6.04 Å². The van der Waals surface area contributed by atoms with Gasteiger partial charge in [-0.1, -0.05) is 0 Å². The maximum atomic E-state index is 11.3. The Kier molecular flexibility index (Phi) is 3.43. The summed E-state index contributed by atoms with van der Waals surface area (Å²) in [7, 11) is 1.96. The lowest BCUT2D eigenvalue weighted by molar-refractivity contribution is -0.142. The molecule has 0 aliphatic carbocycles. The summed E-state index contributed by atoms with van der Waals surface area (Å²) < 4.78 is 6.07. The topological polar surface area (TPSA) is 29.5 Å². The summed E-state index contributed by atoms with van der Waals surface area (Å²) in [5.41, 5.74) is 1.23. The molecule has 0 radical (unpaired) electrons. The molecule has 1 fully saturated rings. The van der Waals surface area contributed by atoms with Gasteiger partial charge in [0.25, 0.3) is 0 Å². The van der Waals surface area contributed by atoms with Crippen molar-refractivity contribution < 1.29 is 9.53 Å². The summed E-state index contributed by atoms with van der Waals surface area (Å²) in [4.78, 5) is 13.4. The van der Waals surface area contributed by atoms with Gasteiger partial charge < -0.3 is 4.74 Å². The van der Waals surface area contributed by atoms with E-state index in [9.17, 15) is 4.79 Å². The SMILES string of the molecule is CN(Cc1csc(Br)c1)[C@@H]1CCOC1=O. The number of cyclic esters (lactones) is 1. The van der Waals surface area contributed by atoms with Crippen molar-refractivity contribution in [2.75, 3.05) is 13.7 Å². The Morgan fingerprint density at radius 2 is 2.53 bits per heavy atom. The number of nitrogens with zero attached hydrogens (tertiary/aromatic N) is 1. The van der Waals surface area contributed by atoms with Crippen molar-refractivity contribution in [2.24, 2.45) is 0 Å². The van der Waals surface area contributed by atoms with Crippen LogP contribution in [0.15, 0.2) is 15.2 Å². The van der Waals surface area contributed by atoms with Crippen LogP contribution in [0.4, 0.5) is 0 Å². The van der Waals surface area contributed by atoms with E-state index in [1.807, 2.05) is 11.9 Å². The number of ether oxygens (including phenoxy) is 1. The maximum absolute atomic E-state index is 11.3. The minimum atomic E-state index is -0.0909. The van der Waals surface area contributed by atoms with E-state index < -0.39 is 0 Å². The van der Waals surface area contributed by atoms with Crippen LogP contribution in [0.5, 0.6) is 0 Å². The molecule has 1 aliphatic rings. The minimum absolute atomic E-state index is 0.0660. The normalized spacial score (nSPS) is 21.0. The third kappa shape index (κ3) is 2.59. The number of esters is 1. The zero-order valence-electron chi connectivity index (χ0n) is 8.40. The fraction of sp³-hybridized carbons (Fsp3) is 0.500. The molecule has 15 heavy (non-hydrogen) atoms. The Balaban J connectivity index is 1.97. The Hall–Kier alpha value is -0.390. The molecule has 1 saturated heterocycles. The van der Waals surface area contributed by atoms with Crippen LogP contribution in [0.2, 0.25) is 0 Å². The van der Waals surface area contributed by atoms with E-state index in [2.05, 4.69) is 27.4 Å². The zero-order valence-corrected chi connectivity index (χ0v) is 10.8. The number of hydrogen-bond acceptors (Lipinski definition) is 4. The number of hydrogen-bond donors (Lipinski definition) is 0. The van der Waals surface area contributed by atoms with Crippen molar-refractivity contribution in [1.82, 2.24) is 4.90 Å². The molecule has 0 N–H and O–H groups in total. The lowest BCUT2D eigenvalue weighted by atomic mass is 10.2. The molecule has 1 atom stereocenters. The maximum Gasteiger partial charge on any atom is 0.323 e. The summed E-state index contributed by atoms with van der Waals surface area (Å²) in [6, 6.07) is 2.02. The second-order valence-corrected chi connectivity index (χ2v) is 5.94. The highest BCUT2D eigenvalue weighted by Gasteiger charge is 2.30. The van der Waals surface area contributed by atoms with E-state index in [0.717, 1.165) is 16.8 Å². The van der Waals surface area contributed by atoms with E-state index in [4.69, 9.17) is 4.74 Å². The highest BCUT2D eigenvalue weighted by molar-refractivity contribution is 9.11. The molecule has 0 amide bonds. The first-order valence-electron chi connectivity index (χ1n) is 4.76. The molecule has 0 spiro atoms. The number of carbonyl (C=O) groups excluding carboxylic acids is 1. The highest BCUT2D eigenvalue weighted by atomic mass is 79.9. The second-order valence-electron chi connectivity index (χ2n) is 3.65. The Bertz CT molecular complexity index is 366. The lowest BCUT2D eigenvalue weighted by Crippen LogP contribution is -2.34. The number of halogens is 1. The molecular weight excluding hydrogens is 278 g/mol. The van der Waals surface area contributed by atoms with Crippen molar-refractivity contribution in [1.29, 1.82) is 0 Å². The van der Waals surface area contributed by atoms with Gasteiger partial charge in [0.05, 0.1) is 10.4 Å². The molecule has 0 bridgehead atoms.